The van der Waals surface area contributed by atoms with Crippen LogP contribution in [0.25, 0.3) is 0 Å². The smallest absolute Gasteiger partial charge is 0.191 e. The molecule has 0 saturated heterocycles. The van der Waals surface area contributed by atoms with Crippen LogP contribution in [0.4, 0.5) is 4.39 Å². The number of likely N-dealkylation sites (N-methyl/N-ethyl adjacent to an activating group) is 1. The lowest BCUT2D eigenvalue weighted by molar-refractivity contribution is 0.331. The van der Waals surface area contributed by atoms with Gasteiger partial charge in [-0.15, -0.1) is 0 Å². The van der Waals surface area contributed by atoms with Crippen LogP contribution in [0.5, 0.6) is 0 Å². The third kappa shape index (κ3) is 6.52. The standard InChI is InChI=1S/C15H25FN4/c1-12(2)19-15(17-3)18-9-10-20(4)11-13-5-7-14(16)8-6-13/h5-8,12H,9-11H2,1-4H3,(H2,17,18,19). The summed E-state index contributed by atoms with van der Waals surface area (Å²) in [6.07, 6.45) is 0. The van der Waals surface area contributed by atoms with Crippen LogP contribution in [0.15, 0.2) is 29.3 Å². The van der Waals surface area contributed by atoms with Gasteiger partial charge in [0.2, 0.25) is 0 Å². The molecule has 112 valence electrons. The maximum atomic E-state index is 12.8. The van der Waals surface area contributed by atoms with E-state index in [1.54, 1.807) is 7.05 Å². The van der Waals surface area contributed by atoms with Crippen molar-refractivity contribution in [2.24, 2.45) is 4.99 Å². The minimum atomic E-state index is -0.193. The zero-order valence-corrected chi connectivity index (χ0v) is 12.8. The second kappa shape index (κ2) is 8.53. The predicted octanol–water partition coefficient (Wildman–Crippen LogP) is 1.83. The van der Waals surface area contributed by atoms with E-state index >= 15 is 0 Å². The highest BCUT2D eigenvalue weighted by molar-refractivity contribution is 5.79. The van der Waals surface area contributed by atoms with Crippen molar-refractivity contribution < 1.29 is 4.39 Å². The van der Waals surface area contributed by atoms with Crippen molar-refractivity contribution in [2.45, 2.75) is 26.4 Å². The lowest BCUT2D eigenvalue weighted by atomic mass is 10.2. The van der Waals surface area contributed by atoms with Crippen molar-refractivity contribution in [1.82, 2.24) is 15.5 Å². The van der Waals surface area contributed by atoms with E-state index in [2.05, 4.69) is 34.4 Å². The number of nitrogens with one attached hydrogen (secondary N) is 2. The molecule has 0 atom stereocenters. The Hall–Kier alpha value is -1.62. The summed E-state index contributed by atoms with van der Waals surface area (Å²) in [6, 6.07) is 6.99. The quantitative estimate of drug-likeness (QED) is 0.617. The monoisotopic (exact) mass is 280 g/mol. The summed E-state index contributed by atoms with van der Waals surface area (Å²) < 4.78 is 12.8. The van der Waals surface area contributed by atoms with E-state index in [1.165, 1.54) is 12.1 Å². The third-order valence-corrected chi connectivity index (χ3v) is 2.80. The van der Waals surface area contributed by atoms with Crippen molar-refractivity contribution in [1.29, 1.82) is 0 Å². The maximum absolute atomic E-state index is 12.8. The molecular weight excluding hydrogens is 255 g/mol. The van der Waals surface area contributed by atoms with E-state index in [0.717, 1.165) is 31.2 Å². The van der Waals surface area contributed by atoms with E-state index < -0.39 is 0 Å². The van der Waals surface area contributed by atoms with Crippen molar-refractivity contribution >= 4 is 5.96 Å². The van der Waals surface area contributed by atoms with Gasteiger partial charge < -0.3 is 15.5 Å². The molecule has 0 amide bonds. The fourth-order valence-corrected chi connectivity index (χ4v) is 1.81. The topological polar surface area (TPSA) is 39.7 Å². The van der Waals surface area contributed by atoms with E-state index in [0.29, 0.717) is 6.04 Å². The first kappa shape index (κ1) is 16.4. The van der Waals surface area contributed by atoms with Crippen LogP contribution in [-0.2, 0) is 6.54 Å². The summed E-state index contributed by atoms with van der Waals surface area (Å²) in [5.74, 6) is 0.622. The Bertz CT molecular complexity index is 414. The molecule has 4 nitrogen and oxygen atoms in total. The molecule has 0 fully saturated rings. The van der Waals surface area contributed by atoms with Gasteiger partial charge in [0.05, 0.1) is 0 Å². The molecule has 1 aromatic rings. The molecule has 1 rings (SSSR count). The van der Waals surface area contributed by atoms with Crippen molar-refractivity contribution in [3.05, 3.63) is 35.6 Å². The van der Waals surface area contributed by atoms with Crippen molar-refractivity contribution in [3.63, 3.8) is 0 Å². The number of hydrogen-bond acceptors (Lipinski definition) is 2. The van der Waals surface area contributed by atoms with Gasteiger partial charge in [0, 0.05) is 32.7 Å². The maximum Gasteiger partial charge on any atom is 0.191 e. The van der Waals surface area contributed by atoms with Gasteiger partial charge in [0.15, 0.2) is 5.96 Å². The van der Waals surface area contributed by atoms with Crippen LogP contribution < -0.4 is 10.6 Å². The van der Waals surface area contributed by atoms with E-state index in [1.807, 2.05) is 19.2 Å². The summed E-state index contributed by atoms with van der Waals surface area (Å²) >= 11 is 0. The van der Waals surface area contributed by atoms with Gasteiger partial charge >= 0.3 is 0 Å². The van der Waals surface area contributed by atoms with Gasteiger partial charge in [-0.25, -0.2) is 4.39 Å². The van der Waals surface area contributed by atoms with Crippen LogP contribution in [0.1, 0.15) is 19.4 Å². The van der Waals surface area contributed by atoms with Gasteiger partial charge in [-0.05, 0) is 38.6 Å². The number of rotatable bonds is 6. The number of nitrogens with zero attached hydrogens (tertiary/aromatic N) is 2. The molecule has 0 spiro atoms. The van der Waals surface area contributed by atoms with Crippen LogP contribution in [0, 0.1) is 5.82 Å². The highest BCUT2D eigenvalue weighted by atomic mass is 19.1. The van der Waals surface area contributed by atoms with Gasteiger partial charge in [-0.3, -0.25) is 4.99 Å². The van der Waals surface area contributed by atoms with Gasteiger partial charge in [0.1, 0.15) is 5.82 Å². The summed E-state index contributed by atoms with van der Waals surface area (Å²) in [4.78, 5) is 6.34. The summed E-state index contributed by atoms with van der Waals surface area (Å²) in [7, 11) is 3.81. The summed E-state index contributed by atoms with van der Waals surface area (Å²) in [5.41, 5.74) is 1.11. The van der Waals surface area contributed by atoms with Crippen molar-refractivity contribution in [3.8, 4) is 0 Å². The zero-order valence-electron chi connectivity index (χ0n) is 12.8. The highest BCUT2D eigenvalue weighted by Gasteiger charge is 2.03. The minimum absolute atomic E-state index is 0.193. The molecule has 5 heteroatoms. The number of aliphatic imine (C=N–C) groups is 1. The fourth-order valence-electron chi connectivity index (χ4n) is 1.81. The van der Waals surface area contributed by atoms with Crippen LogP contribution in [-0.4, -0.2) is 44.1 Å². The molecule has 0 bridgehead atoms. The normalized spacial score (nSPS) is 12.1. The second-order valence-electron chi connectivity index (χ2n) is 5.16. The molecule has 0 aliphatic heterocycles. The number of hydrogen-bond donors (Lipinski definition) is 2. The Kier molecular flexibility index (Phi) is 7.01. The molecule has 0 aromatic heterocycles. The number of halogens is 1. The van der Waals surface area contributed by atoms with Gasteiger partial charge in [-0.2, -0.15) is 0 Å². The Morgan fingerprint density at radius 2 is 1.95 bits per heavy atom. The molecule has 0 heterocycles. The summed E-state index contributed by atoms with van der Waals surface area (Å²) in [5, 5.41) is 6.50. The molecule has 0 aliphatic rings. The first-order valence-corrected chi connectivity index (χ1v) is 6.91. The van der Waals surface area contributed by atoms with Crippen LogP contribution >= 0.6 is 0 Å². The van der Waals surface area contributed by atoms with Gasteiger partial charge in [0.25, 0.3) is 0 Å². The van der Waals surface area contributed by atoms with E-state index in [9.17, 15) is 4.39 Å². The van der Waals surface area contributed by atoms with Gasteiger partial charge in [-0.1, -0.05) is 12.1 Å². The molecule has 0 radical (unpaired) electrons. The first-order chi connectivity index (χ1) is 9.51. The summed E-state index contributed by atoms with van der Waals surface area (Å²) in [6.45, 7) is 6.65. The SMILES string of the molecule is CN=C(NCCN(C)Cc1ccc(F)cc1)NC(C)C. The fraction of sp³-hybridized carbons (Fsp3) is 0.533. The van der Waals surface area contributed by atoms with E-state index in [4.69, 9.17) is 0 Å². The molecule has 20 heavy (non-hydrogen) atoms. The lowest BCUT2D eigenvalue weighted by Crippen LogP contribution is -2.43. The molecular formula is C15H25FN4. The predicted molar refractivity (Wildman–Crippen MR) is 82.4 cm³/mol. The molecule has 0 aliphatic carbocycles. The Morgan fingerprint density at radius 1 is 1.30 bits per heavy atom. The average molecular weight is 280 g/mol. The molecule has 1 aromatic carbocycles. The largest absolute Gasteiger partial charge is 0.355 e. The molecule has 2 N–H and O–H groups in total. The van der Waals surface area contributed by atoms with E-state index in [-0.39, 0.29) is 5.82 Å². The zero-order chi connectivity index (χ0) is 15.0. The average Bonchev–Trinajstić information content (AvgIpc) is 2.40. The molecule has 0 unspecified atom stereocenters. The minimum Gasteiger partial charge on any atom is -0.355 e. The van der Waals surface area contributed by atoms with Crippen molar-refractivity contribution in [2.75, 3.05) is 27.2 Å². The molecule has 0 saturated carbocycles. The lowest BCUT2D eigenvalue weighted by Gasteiger charge is -2.19. The first-order valence-electron chi connectivity index (χ1n) is 6.91. The highest BCUT2D eigenvalue weighted by Crippen LogP contribution is 2.04. The Labute approximate surface area is 121 Å². The van der Waals surface area contributed by atoms with Crippen LogP contribution in [0.3, 0.4) is 0 Å². The van der Waals surface area contributed by atoms with Crippen LogP contribution in [0.2, 0.25) is 0 Å². The number of benzene rings is 1. The second-order valence-corrected chi connectivity index (χ2v) is 5.16. The Morgan fingerprint density at radius 3 is 2.50 bits per heavy atom. The third-order valence-electron chi connectivity index (χ3n) is 2.80. The number of guanidine groups is 1. The Balaban J connectivity index is 2.29.